The van der Waals surface area contributed by atoms with Gasteiger partial charge in [0.2, 0.25) is 0 Å². The third kappa shape index (κ3) is 14.7. The number of unbranched alkanes of at least 4 members (excludes halogenated alkanes) is 4. The lowest BCUT2D eigenvalue weighted by molar-refractivity contribution is -0.131. The maximum Gasteiger partial charge on any atom is 0.328 e. The third-order valence-electron chi connectivity index (χ3n) is 3.01. The van der Waals surface area contributed by atoms with E-state index in [1.807, 2.05) is 12.2 Å². The molecule has 0 aliphatic rings. The average molecular weight is 280 g/mol. The van der Waals surface area contributed by atoms with Crippen LogP contribution in [0.2, 0.25) is 0 Å². The Labute approximate surface area is 122 Å². The molecule has 0 fully saturated rings. The van der Waals surface area contributed by atoms with Gasteiger partial charge in [-0.25, -0.2) is 4.79 Å². The first kappa shape index (κ1) is 18.7. The number of rotatable bonds is 12. The van der Waals surface area contributed by atoms with Crippen molar-refractivity contribution in [1.82, 2.24) is 0 Å². The molecule has 0 aromatic heterocycles. The average Bonchev–Trinajstić information content (AvgIpc) is 2.41. The van der Waals surface area contributed by atoms with Gasteiger partial charge in [-0.3, -0.25) is 0 Å². The van der Waals surface area contributed by atoms with E-state index < -0.39 is 5.97 Å². The highest BCUT2D eigenvalue weighted by Gasteiger charge is 2.02. The van der Waals surface area contributed by atoms with E-state index in [-0.39, 0.29) is 6.10 Å². The summed E-state index contributed by atoms with van der Waals surface area (Å²) in [4.78, 5) is 10.2. The Morgan fingerprint density at radius 2 is 1.65 bits per heavy atom. The molecule has 2 N–H and O–H groups in total. The molecule has 0 spiro atoms. The minimum atomic E-state index is -0.934. The lowest BCUT2D eigenvalue weighted by atomic mass is 10.0. The Hall–Kier alpha value is -1.35. The first-order valence-corrected chi connectivity index (χ1v) is 7.57. The van der Waals surface area contributed by atoms with Crippen molar-refractivity contribution in [1.29, 1.82) is 0 Å². The van der Waals surface area contributed by atoms with Gasteiger partial charge >= 0.3 is 5.97 Å². The van der Waals surface area contributed by atoms with E-state index in [9.17, 15) is 9.90 Å². The van der Waals surface area contributed by atoms with E-state index in [0.29, 0.717) is 0 Å². The number of carboxylic acid groups (broad SMARTS) is 1. The van der Waals surface area contributed by atoms with Crippen molar-refractivity contribution < 1.29 is 15.0 Å². The van der Waals surface area contributed by atoms with Gasteiger partial charge in [0.15, 0.2) is 0 Å². The molecule has 1 unspecified atom stereocenters. The van der Waals surface area contributed by atoms with Crippen LogP contribution in [0.15, 0.2) is 36.5 Å². The summed E-state index contributed by atoms with van der Waals surface area (Å²) in [5, 5.41) is 18.1. The smallest absolute Gasteiger partial charge is 0.328 e. The van der Waals surface area contributed by atoms with Gasteiger partial charge in [0, 0.05) is 6.08 Å². The Kier molecular flexibility index (Phi) is 13.1. The van der Waals surface area contributed by atoms with Gasteiger partial charge in [-0.05, 0) is 25.7 Å². The van der Waals surface area contributed by atoms with Crippen LogP contribution in [0.25, 0.3) is 0 Å². The maximum absolute atomic E-state index is 10.2. The molecule has 1 atom stereocenters. The van der Waals surface area contributed by atoms with E-state index in [2.05, 4.69) is 13.0 Å². The summed E-state index contributed by atoms with van der Waals surface area (Å²) in [5.74, 6) is -0.934. The van der Waals surface area contributed by atoms with E-state index in [1.54, 1.807) is 6.08 Å². The van der Waals surface area contributed by atoms with Gasteiger partial charge in [-0.1, -0.05) is 63.0 Å². The maximum atomic E-state index is 10.2. The first-order chi connectivity index (χ1) is 9.66. The molecule has 0 saturated heterocycles. The predicted molar refractivity (Wildman–Crippen MR) is 83.7 cm³/mol. The predicted octanol–water partition coefficient (Wildman–Crippen LogP) is 4.24. The molecule has 0 aliphatic heterocycles. The van der Waals surface area contributed by atoms with Gasteiger partial charge in [-0.2, -0.15) is 0 Å². The number of hydrogen-bond acceptors (Lipinski definition) is 2. The molecule has 0 heterocycles. The van der Waals surface area contributed by atoms with Crippen molar-refractivity contribution in [3.8, 4) is 0 Å². The Morgan fingerprint density at radius 1 is 1.00 bits per heavy atom. The van der Waals surface area contributed by atoms with Crippen LogP contribution in [0.4, 0.5) is 0 Å². The zero-order chi connectivity index (χ0) is 15.1. The van der Waals surface area contributed by atoms with Gasteiger partial charge in [0.05, 0.1) is 6.10 Å². The molecule has 0 rings (SSSR count). The van der Waals surface area contributed by atoms with Crippen LogP contribution in [0.3, 0.4) is 0 Å². The lowest BCUT2D eigenvalue weighted by Crippen LogP contribution is -2.05. The van der Waals surface area contributed by atoms with E-state index in [0.717, 1.165) is 44.6 Å². The second-order valence-electron chi connectivity index (χ2n) is 4.94. The van der Waals surface area contributed by atoms with E-state index in [1.165, 1.54) is 18.9 Å². The molecule has 0 saturated carbocycles. The molecule has 0 aliphatic carbocycles. The van der Waals surface area contributed by atoms with Crippen LogP contribution < -0.4 is 0 Å². The lowest BCUT2D eigenvalue weighted by Gasteiger charge is -2.09. The molecule has 0 aromatic carbocycles. The third-order valence-corrected chi connectivity index (χ3v) is 3.01. The molecule has 0 amide bonds. The topological polar surface area (TPSA) is 57.5 Å². The van der Waals surface area contributed by atoms with Crippen LogP contribution >= 0.6 is 0 Å². The Morgan fingerprint density at radius 3 is 2.30 bits per heavy atom. The summed E-state index contributed by atoms with van der Waals surface area (Å²) in [5.41, 5.74) is 0. The second kappa shape index (κ2) is 14.1. The Balaban J connectivity index is 3.45. The summed E-state index contributed by atoms with van der Waals surface area (Å²) >= 11 is 0. The molecule has 0 aromatic rings. The van der Waals surface area contributed by atoms with Crippen LogP contribution in [0, 0.1) is 0 Å². The summed E-state index contributed by atoms with van der Waals surface area (Å²) < 4.78 is 0. The fraction of sp³-hybridized carbons (Fsp3) is 0.588. The van der Waals surface area contributed by atoms with Crippen LogP contribution in [0.1, 0.15) is 58.3 Å². The number of aliphatic hydroxyl groups excluding tert-OH is 1. The second-order valence-corrected chi connectivity index (χ2v) is 4.94. The largest absolute Gasteiger partial charge is 0.478 e. The quantitative estimate of drug-likeness (QED) is 0.319. The number of hydrogen-bond donors (Lipinski definition) is 2. The molecule has 20 heavy (non-hydrogen) atoms. The molecular weight excluding hydrogens is 252 g/mol. The van der Waals surface area contributed by atoms with Crippen molar-refractivity contribution in [3.63, 3.8) is 0 Å². The van der Waals surface area contributed by atoms with Gasteiger partial charge < -0.3 is 10.2 Å². The molecule has 114 valence electrons. The standard InChI is InChI=1S/C17H28O3/c1-2-3-10-13-16(18)14-11-8-6-4-5-7-9-12-15-17(19)20/h4-5,7,9,12,15-16,18H,2-3,6,8,10-11,13-14H2,1H3,(H,19,20)/b5-4+,9-7+,15-12+. The Bertz CT molecular complexity index is 316. The van der Waals surface area contributed by atoms with E-state index in [4.69, 9.17) is 5.11 Å². The van der Waals surface area contributed by atoms with Crippen LogP contribution in [-0.2, 0) is 4.79 Å². The van der Waals surface area contributed by atoms with Gasteiger partial charge in [-0.15, -0.1) is 0 Å². The summed E-state index contributed by atoms with van der Waals surface area (Å²) in [7, 11) is 0. The molecule has 3 heteroatoms. The van der Waals surface area contributed by atoms with Gasteiger partial charge in [0.1, 0.15) is 0 Å². The van der Waals surface area contributed by atoms with Crippen LogP contribution in [0.5, 0.6) is 0 Å². The monoisotopic (exact) mass is 280 g/mol. The first-order valence-electron chi connectivity index (χ1n) is 7.57. The van der Waals surface area contributed by atoms with Gasteiger partial charge in [0.25, 0.3) is 0 Å². The number of carbonyl (C=O) groups is 1. The zero-order valence-electron chi connectivity index (χ0n) is 12.5. The van der Waals surface area contributed by atoms with Crippen molar-refractivity contribution in [2.75, 3.05) is 0 Å². The number of aliphatic carboxylic acids is 1. The summed E-state index contributed by atoms with van der Waals surface area (Å²) in [6, 6.07) is 0. The van der Waals surface area contributed by atoms with Crippen molar-refractivity contribution in [2.24, 2.45) is 0 Å². The SMILES string of the molecule is CCCCCC(O)CCCC/C=C/C=C/C=C/C(=O)O. The molecular formula is C17H28O3. The van der Waals surface area contributed by atoms with Crippen molar-refractivity contribution in [3.05, 3.63) is 36.5 Å². The molecule has 0 bridgehead atoms. The molecule has 3 nitrogen and oxygen atoms in total. The zero-order valence-corrected chi connectivity index (χ0v) is 12.5. The highest BCUT2D eigenvalue weighted by molar-refractivity contribution is 5.80. The highest BCUT2D eigenvalue weighted by atomic mass is 16.4. The number of aliphatic hydroxyl groups is 1. The minimum Gasteiger partial charge on any atom is -0.478 e. The minimum absolute atomic E-state index is 0.133. The van der Waals surface area contributed by atoms with Crippen molar-refractivity contribution >= 4 is 5.97 Å². The van der Waals surface area contributed by atoms with E-state index >= 15 is 0 Å². The fourth-order valence-corrected chi connectivity index (χ4v) is 1.86. The van der Waals surface area contributed by atoms with Crippen molar-refractivity contribution in [2.45, 2.75) is 64.4 Å². The number of allylic oxidation sites excluding steroid dienone is 5. The van der Waals surface area contributed by atoms with Crippen LogP contribution in [-0.4, -0.2) is 22.3 Å². The molecule has 0 radical (unpaired) electrons. The number of carboxylic acids is 1. The normalized spacial score (nSPS) is 13.7. The summed E-state index contributed by atoms with van der Waals surface area (Å²) in [6.07, 6.45) is 18.5. The highest BCUT2D eigenvalue weighted by Crippen LogP contribution is 2.10. The fourth-order valence-electron chi connectivity index (χ4n) is 1.86. The summed E-state index contributed by atoms with van der Waals surface area (Å²) in [6.45, 7) is 2.17.